The topological polar surface area (TPSA) is 69.7 Å². The molecule has 31 heavy (non-hydrogen) atoms. The molecule has 0 bridgehead atoms. The van der Waals surface area contributed by atoms with Gasteiger partial charge >= 0.3 is 11.9 Å². The number of ether oxygens (including phenoxy) is 2. The molecule has 0 fully saturated rings. The summed E-state index contributed by atoms with van der Waals surface area (Å²) in [7, 11) is 0. The van der Waals surface area contributed by atoms with Gasteiger partial charge in [-0.3, -0.25) is 4.79 Å². The second-order valence-electron chi connectivity index (χ2n) is 7.27. The van der Waals surface area contributed by atoms with Crippen molar-refractivity contribution in [3.8, 4) is 0 Å². The van der Waals surface area contributed by atoms with Gasteiger partial charge in [-0.25, -0.2) is 9.59 Å². The number of carbonyl (C=O) groups excluding carboxylic acids is 3. The van der Waals surface area contributed by atoms with E-state index >= 15 is 0 Å². The van der Waals surface area contributed by atoms with Crippen molar-refractivity contribution in [2.75, 3.05) is 0 Å². The van der Waals surface area contributed by atoms with E-state index in [1.165, 1.54) is 0 Å². The lowest BCUT2D eigenvalue weighted by Crippen LogP contribution is -2.31. The molecule has 0 aliphatic carbocycles. The molecule has 3 aromatic carbocycles. The lowest BCUT2D eigenvalue weighted by Gasteiger charge is -2.28. The Hall–Kier alpha value is -3.73. The highest BCUT2D eigenvalue weighted by Crippen LogP contribution is 2.30. The minimum atomic E-state index is -0.950. The van der Waals surface area contributed by atoms with Crippen LogP contribution in [0.5, 0.6) is 0 Å². The molecular formula is C26H24O5. The van der Waals surface area contributed by atoms with Crippen LogP contribution in [-0.2, 0) is 14.3 Å². The molecule has 0 saturated heterocycles. The molecule has 0 radical (unpaired) electrons. The average Bonchev–Trinajstić information content (AvgIpc) is 2.83. The Morgan fingerprint density at radius 1 is 0.645 bits per heavy atom. The average molecular weight is 416 g/mol. The third-order valence-corrected chi connectivity index (χ3v) is 5.10. The Bertz CT molecular complexity index is 1020. The molecule has 0 heterocycles. The number of rotatable bonds is 8. The van der Waals surface area contributed by atoms with Crippen molar-refractivity contribution in [3.05, 3.63) is 108 Å². The van der Waals surface area contributed by atoms with Crippen molar-refractivity contribution < 1.29 is 23.9 Å². The van der Waals surface area contributed by atoms with Crippen molar-refractivity contribution in [1.82, 2.24) is 0 Å². The summed E-state index contributed by atoms with van der Waals surface area (Å²) < 4.78 is 11.3. The molecule has 0 aliphatic rings. The number of esters is 2. The van der Waals surface area contributed by atoms with E-state index in [1.807, 2.05) is 43.3 Å². The van der Waals surface area contributed by atoms with Crippen LogP contribution in [-0.4, -0.2) is 23.8 Å². The molecule has 0 saturated carbocycles. The van der Waals surface area contributed by atoms with Gasteiger partial charge in [-0.15, -0.1) is 0 Å². The number of hydrogen-bond donors (Lipinski definition) is 0. The number of Topliss-reactive ketones (excluding diaryl/α,β-unsaturated/α-hetero) is 1. The highest BCUT2D eigenvalue weighted by atomic mass is 16.6. The molecule has 0 N–H and O–H groups in total. The molecule has 158 valence electrons. The summed E-state index contributed by atoms with van der Waals surface area (Å²) in [5, 5.41) is 0. The fourth-order valence-corrected chi connectivity index (χ4v) is 3.16. The van der Waals surface area contributed by atoms with Gasteiger partial charge in [0.05, 0.1) is 5.56 Å². The van der Waals surface area contributed by atoms with Gasteiger partial charge in [0.2, 0.25) is 0 Å². The van der Waals surface area contributed by atoms with Gasteiger partial charge in [-0.05, 0) is 24.6 Å². The zero-order chi connectivity index (χ0) is 22.2. The van der Waals surface area contributed by atoms with E-state index in [0.717, 1.165) is 0 Å². The third-order valence-electron chi connectivity index (χ3n) is 5.10. The minimum Gasteiger partial charge on any atom is -0.459 e. The summed E-state index contributed by atoms with van der Waals surface area (Å²) in [6.45, 7) is 3.56. The molecule has 3 rings (SSSR count). The highest BCUT2D eigenvalue weighted by molar-refractivity contribution is 6.40. The number of carbonyl (C=O) groups is 3. The van der Waals surface area contributed by atoms with Crippen LogP contribution in [0.4, 0.5) is 0 Å². The van der Waals surface area contributed by atoms with Crippen LogP contribution in [0.3, 0.4) is 0 Å². The van der Waals surface area contributed by atoms with Crippen molar-refractivity contribution in [3.63, 3.8) is 0 Å². The zero-order valence-electron chi connectivity index (χ0n) is 17.4. The molecule has 0 aromatic heterocycles. The number of benzene rings is 3. The molecule has 0 amide bonds. The smallest absolute Gasteiger partial charge is 0.380 e. The zero-order valence-corrected chi connectivity index (χ0v) is 17.4. The molecular weight excluding hydrogens is 392 g/mol. The lowest BCUT2D eigenvalue weighted by molar-refractivity contribution is -0.148. The summed E-state index contributed by atoms with van der Waals surface area (Å²) in [5.74, 6) is -2.53. The Morgan fingerprint density at radius 3 is 1.68 bits per heavy atom. The normalized spacial score (nSPS) is 13.5. The first-order valence-corrected chi connectivity index (χ1v) is 10.1. The molecule has 0 aliphatic heterocycles. The van der Waals surface area contributed by atoms with E-state index in [-0.39, 0.29) is 5.56 Å². The van der Waals surface area contributed by atoms with E-state index in [1.54, 1.807) is 61.5 Å². The molecule has 0 spiro atoms. The van der Waals surface area contributed by atoms with E-state index in [4.69, 9.17) is 9.47 Å². The minimum absolute atomic E-state index is 0.260. The van der Waals surface area contributed by atoms with Gasteiger partial charge in [-0.1, -0.05) is 85.8 Å². The number of ketones is 1. The Labute approximate surface area is 181 Å². The monoisotopic (exact) mass is 416 g/mol. The summed E-state index contributed by atoms with van der Waals surface area (Å²) in [5.41, 5.74) is 1.41. The van der Waals surface area contributed by atoms with Crippen LogP contribution in [0.1, 0.15) is 46.2 Å². The van der Waals surface area contributed by atoms with Gasteiger partial charge in [-0.2, -0.15) is 0 Å². The highest BCUT2D eigenvalue weighted by Gasteiger charge is 2.32. The summed E-state index contributed by atoms with van der Waals surface area (Å²) in [6.07, 6.45) is -1.34. The maximum Gasteiger partial charge on any atom is 0.380 e. The molecule has 3 aromatic rings. The van der Waals surface area contributed by atoms with E-state index < -0.39 is 35.8 Å². The van der Waals surface area contributed by atoms with Gasteiger partial charge in [0.25, 0.3) is 5.78 Å². The van der Waals surface area contributed by atoms with Gasteiger partial charge in [0.15, 0.2) is 0 Å². The van der Waals surface area contributed by atoms with Crippen LogP contribution in [0.15, 0.2) is 91.0 Å². The molecule has 5 heteroatoms. The fraction of sp³-hybridized carbons (Fsp3) is 0.192. The Kier molecular flexibility index (Phi) is 7.33. The summed E-state index contributed by atoms with van der Waals surface area (Å²) >= 11 is 0. The largest absolute Gasteiger partial charge is 0.459 e. The van der Waals surface area contributed by atoms with Crippen LogP contribution in [0.2, 0.25) is 0 Å². The predicted molar refractivity (Wildman–Crippen MR) is 117 cm³/mol. The van der Waals surface area contributed by atoms with Gasteiger partial charge < -0.3 is 9.47 Å². The van der Waals surface area contributed by atoms with E-state index in [9.17, 15) is 14.4 Å². The predicted octanol–water partition coefficient (Wildman–Crippen LogP) is 5.04. The van der Waals surface area contributed by atoms with Gasteiger partial charge in [0.1, 0.15) is 12.2 Å². The maximum absolute atomic E-state index is 12.6. The first kappa shape index (κ1) is 22.0. The number of hydrogen-bond acceptors (Lipinski definition) is 5. The standard InChI is InChI=1S/C26H24O5/c1-18(19(2)30-25(28)22-16-10-5-11-17-22)24(21-14-8-4-9-15-21)31-26(29)23(27)20-12-6-3-7-13-20/h3-19,24H,1-2H3. The molecule has 3 atom stereocenters. The maximum atomic E-state index is 12.6. The molecule has 3 unspecified atom stereocenters. The fourth-order valence-electron chi connectivity index (χ4n) is 3.16. The van der Waals surface area contributed by atoms with Crippen LogP contribution >= 0.6 is 0 Å². The van der Waals surface area contributed by atoms with E-state index in [2.05, 4.69) is 0 Å². The quantitative estimate of drug-likeness (QED) is 0.292. The second kappa shape index (κ2) is 10.3. The first-order chi connectivity index (χ1) is 15.0. The SMILES string of the molecule is CC(OC(=O)c1ccccc1)C(C)C(OC(=O)C(=O)c1ccccc1)c1ccccc1. The Morgan fingerprint density at radius 2 is 1.13 bits per heavy atom. The first-order valence-electron chi connectivity index (χ1n) is 10.1. The van der Waals surface area contributed by atoms with Crippen LogP contribution < -0.4 is 0 Å². The van der Waals surface area contributed by atoms with Crippen LogP contribution in [0, 0.1) is 5.92 Å². The second-order valence-corrected chi connectivity index (χ2v) is 7.27. The van der Waals surface area contributed by atoms with Crippen molar-refractivity contribution in [1.29, 1.82) is 0 Å². The van der Waals surface area contributed by atoms with Crippen molar-refractivity contribution >= 4 is 17.7 Å². The van der Waals surface area contributed by atoms with Crippen molar-refractivity contribution in [2.24, 2.45) is 5.92 Å². The molecule has 5 nitrogen and oxygen atoms in total. The summed E-state index contributed by atoms with van der Waals surface area (Å²) in [6, 6.07) is 26.1. The van der Waals surface area contributed by atoms with Gasteiger partial charge in [0, 0.05) is 11.5 Å². The lowest BCUT2D eigenvalue weighted by atomic mass is 9.92. The summed E-state index contributed by atoms with van der Waals surface area (Å²) in [4.78, 5) is 37.6. The van der Waals surface area contributed by atoms with Crippen molar-refractivity contribution in [2.45, 2.75) is 26.1 Å². The third kappa shape index (κ3) is 5.66. The Balaban J connectivity index is 1.77. The van der Waals surface area contributed by atoms with Crippen LogP contribution in [0.25, 0.3) is 0 Å². The van der Waals surface area contributed by atoms with E-state index in [0.29, 0.717) is 11.1 Å².